The Bertz CT molecular complexity index is 1400. The molecule has 0 spiro atoms. The minimum absolute atomic E-state index is 0.299. The molecule has 34 heavy (non-hydrogen) atoms. The van der Waals surface area contributed by atoms with Gasteiger partial charge in [-0.05, 0) is 53.6 Å². The van der Waals surface area contributed by atoms with E-state index in [0.29, 0.717) is 11.7 Å². The number of halogens is 1. The molecular weight excluding hydrogens is 435 g/mol. The minimum Gasteiger partial charge on any atom is -0.497 e. The summed E-state index contributed by atoms with van der Waals surface area (Å²) in [6, 6.07) is 19.6. The molecule has 2 atom stereocenters. The Hall–Kier alpha value is -4.33. The fourth-order valence-electron chi connectivity index (χ4n) is 4.60. The van der Waals surface area contributed by atoms with Crippen molar-refractivity contribution >= 4 is 11.6 Å². The van der Waals surface area contributed by atoms with Gasteiger partial charge in [0, 0.05) is 11.1 Å². The Morgan fingerprint density at radius 2 is 1.62 bits per heavy atom. The van der Waals surface area contributed by atoms with Crippen LogP contribution in [0.25, 0.3) is 5.70 Å². The zero-order valence-electron chi connectivity index (χ0n) is 18.5. The zero-order valence-corrected chi connectivity index (χ0v) is 18.5. The Balaban J connectivity index is 1.60. The summed E-state index contributed by atoms with van der Waals surface area (Å²) >= 11 is 0. The number of hydrogen-bond acceptors (Lipinski definition) is 6. The quantitative estimate of drug-likeness (QED) is 0.466. The molecule has 0 amide bonds. The highest BCUT2D eigenvalue weighted by molar-refractivity contribution is 5.85. The lowest BCUT2D eigenvalue weighted by Gasteiger charge is -2.39. The highest BCUT2D eigenvalue weighted by Crippen LogP contribution is 2.51. The second kappa shape index (κ2) is 7.91. The van der Waals surface area contributed by atoms with E-state index in [1.165, 1.54) is 18.5 Å². The Kier molecular flexibility index (Phi) is 4.72. The second-order valence-electron chi connectivity index (χ2n) is 8.07. The van der Waals surface area contributed by atoms with Gasteiger partial charge in [0.1, 0.15) is 41.5 Å². The predicted molar refractivity (Wildman–Crippen MR) is 124 cm³/mol. The maximum absolute atomic E-state index is 13.8. The van der Waals surface area contributed by atoms with Crippen molar-refractivity contribution in [1.29, 1.82) is 0 Å². The highest BCUT2D eigenvalue weighted by atomic mass is 19.1. The number of hydrogen-bond donors (Lipinski definition) is 1. The summed E-state index contributed by atoms with van der Waals surface area (Å²) in [6.07, 6.45) is 1.08. The van der Waals surface area contributed by atoms with E-state index < -0.39 is 6.10 Å². The molecule has 0 fully saturated rings. The molecule has 7 nitrogen and oxygen atoms in total. The van der Waals surface area contributed by atoms with Gasteiger partial charge in [-0.15, -0.1) is 0 Å². The number of methoxy groups -OCH3 is 2. The van der Waals surface area contributed by atoms with E-state index >= 15 is 0 Å². The van der Waals surface area contributed by atoms with E-state index in [1.54, 1.807) is 31.0 Å². The molecule has 4 aromatic rings. The van der Waals surface area contributed by atoms with E-state index in [9.17, 15) is 4.39 Å². The van der Waals surface area contributed by atoms with Crippen LogP contribution in [-0.4, -0.2) is 29.0 Å². The maximum Gasteiger partial charge on any atom is 0.226 e. The Morgan fingerprint density at radius 1 is 0.912 bits per heavy atom. The number of aromatic nitrogens is 3. The van der Waals surface area contributed by atoms with Crippen LogP contribution in [0.4, 0.5) is 10.3 Å². The van der Waals surface area contributed by atoms with Crippen LogP contribution in [0.3, 0.4) is 0 Å². The average Bonchev–Trinajstić information content (AvgIpc) is 3.36. The van der Waals surface area contributed by atoms with Crippen molar-refractivity contribution in [3.05, 3.63) is 101 Å². The van der Waals surface area contributed by atoms with E-state index in [4.69, 9.17) is 14.2 Å². The van der Waals surface area contributed by atoms with Gasteiger partial charge in [0.25, 0.3) is 0 Å². The molecule has 3 heterocycles. The van der Waals surface area contributed by atoms with E-state index in [0.717, 1.165) is 39.5 Å². The summed E-state index contributed by atoms with van der Waals surface area (Å²) < 4.78 is 33.0. The lowest BCUT2D eigenvalue weighted by atomic mass is 9.84. The first-order chi connectivity index (χ1) is 16.7. The Labute approximate surface area is 195 Å². The summed E-state index contributed by atoms with van der Waals surface area (Å²) in [4.78, 5) is 4.42. The normalized spacial score (nSPS) is 18.2. The fraction of sp³-hybridized carbons (Fsp3) is 0.154. The summed E-state index contributed by atoms with van der Waals surface area (Å²) in [5.74, 6) is 2.49. The number of fused-ring (bicyclic) bond motifs is 3. The summed E-state index contributed by atoms with van der Waals surface area (Å²) in [6.45, 7) is 0. The number of rotatable bonds is 4. The van der Waals surface area contributed by atoms with Crippen LogP contribution in [-0.2, 0) is 0 Å². The summed E-state index contributed by atoms with van der Waals surface area (Å²) in [5, 5.41) is 7.94. The first-order valence-electron chi connectivity index (χ1n) is 10.8. The minimum atomic E-state index is -0.429. The van der Waals surface area contributed by atoms with Crippen LogP contribution >= 0.6 is 0 Å². The lowest BCUT2D eigenvalue weighted by molar-refractivity contribution is 0.222. The van der Waals surface area contributed by atoms with Crippen LogP contribution in [0.15, 0.2) is 78.6 Å². The van der Waals surface area contributed by atoms with Crippen LogP contribution < -0.4 is 19.5 Å². The van der Waals surface area contributed by atoms with Crippen molar-refractivity contribution in [1.82, 2.24) is 14.8 Å². The summed E-state index contributed by atoms with van der Waals surface area (Å²) in [7, 11) is 3.27. The Morgan fingerprint density at radius 3 is 2.35 bits per heavy atom. The SMILES string of the molecule is COc1ccc([C@H]2Oc3ccc(OC)cc3C3=C2[C@@H](c2ccc(F)cc2)n2ncnc2N3)cc1. The number of ether oxygens (including phenoxy) is 3. The highest BCUT2D eigenvalue weighted by Gasteiger charge is 2.41. The first kappa shape index (κ1) is 20.3. The fourth-order valence-corrected chi connectivity index (χ4v) is 4.60. The molecule has 3 aromatic carbocycles. The number of anilines is 1. The average molecular weight is 456 g/mol. The molecule has 6 rings (SSSR count). The molecule has 2 aliphatic rings. The molecule has 0 saturated carbocycles. The first-order valence-corrected chi connectivity index (χ1v) is 10.8. The molecule has 1 aromatic heterocycles. The third-order valence-corrected chi connectivity index (χ3v) is 6.23. The van der Waals surface area contributed by atoms with Crippen molar-refractivity contribution in [3.63, 3.8) is 0 Å². The van der Waals surface area contributed by atoms with Gasteiger partial charge in [-0.1, -0.05) is 24.3 Å². The van der Waals surface area contributed by atoms with Crippen molar-refractivity contribution in [2.75, 3.05) is 19.5 Å². The molecular formula is C26H21FN4O3. The van der Waals surface area contributed by atoms with Crippen LogP contribution in [0.5, 0.6) is 17.2 Å². The molecule has 2 aliphatic heterocycles. The van der Waals surface area contributed by atoms with Crippen molar-refractivity contribution in [2.45, 2.75) is 12.1 Å². The number of nitrogens with one attached hydrogen (secondary N) is 1. The summed E-state index contributed by atoms with van der Waals surface area (Å²) in [5.41, 5.74) is 4.50. The molecule has 8 heteroatoms. The molecule has 0 unspecified atom stereocenters. The van der Waals surface area contributed by atoms with Gasteiger partial charge in [-0.25, -0.2) is 9.07 Å². The maximum atomic E-state index is 13.8. The van der Waals surface area contributed by atoms with Crippen LogP contribution in [0.2, 0.25) is 0 Å². The van der Waals surface area contributed by atoms with Crippen molar-refractivity contribution < 1.29 is 18.6 Å². The van der Waals surface area contributed by atoms with Crippen molar-refractivity contribution in [3.8, 4) is 17.2 Å². The number of benzene rings is 3. The molecule has 1 N–H and O–H groups in total. The third-order valence-electron chi connectivity index (χ3n) is 6.23. The van der Waals surface area contributed by atoms with Crippen LogP contribution in [0.1, 0.15) is 28.8 Å². The van der Waals surface area contributed by atoms with E-state index in [1.807, 2.05) is 42.5 Å². The second-order valence-corrected chi connectivity index (χ2v) is 8.07. The molecule has 0 radical (unpaired) electrons. The lowest BCUT2D eigenvalue weighted by Crippen LogP contribution is -2.32. The van der Waals surface area contributed by atoms with E-state index in [-0.39, 0.29) is 11.9 Å². The molecule has 0 saturated heterocycles. The van der Waals surface area contributed by atoms with Gasteiger partial charge in [0.15, 0.2) is 0 Å². The van der Waals surface area contributed by atoms with Gasteiger partial charge in [-0.2, -0.15) is 10.1 Å². The van der Waals surface area contributed by atoms with Gasteiger partial charge in [0.2, 0.25) is 5.95 Å². The standard InChI is InChI=1S/C26H21FN4O3/c1-32-18-9-5-16(6-10-18)25-22-23(20-13-19(33-2)11-12-21(20)34-25)30-26-28-14-29-31(26)24(22)15-3-7-17(27)8-4-15/h3-14,24-25H,1-2H3,(H,28,29,30)/t24-,25-/m1/s1. The molecule has 0 aliphatic carbocycles. The van der Waals surface area contributed by atoms with E-state index in [2.05, 4.69) is 15.4 Å². The topological polar surface area (TPSA) is 70.4 Å². The monoisotopic (exact) mass is 456 g/mol. The molecule has 0 bridgehead atoms. The molecule has 170 valence electrons. The predicted octanol–water partition coefficient (Wildman–Crippen LogP) is 4.99. The number of nitrogens with zero attached hydrogens (tertiary/aromatic N) is 3. The largest absolute Gasteiger partial charge is 0.497 e. The zero-order chi connectivity index (χ0) is 23.2. The third kappa shape index (κ3) is 3.18. The van der Waals surface area contributed by atoms with Gasteiger partial charge >= 0.3 is 0 Å². The van der Waals surface area contributed by atoms with Gasteiger partial charge < -0.3 is 19.5 Å². The van der Waals surface area contributed by atoms with Gasteiger partial charge in [0.05, 0.1) is 19.9 Å². The van der Waals surface area contributed by atoms with Crippen molar-refractivity contribution in [2.24, 2.45) is 0 Å². The van der Waals surface area contributed by atoms with Crippen LogP contribution in [0, 0.1) is 5.82 Å². The van der Waals surface area contributed by atoms with Gasteiger partial charge in [-0.3, -0.25) is 0 Å². The smallest absolute Gasteiger partial charge is 0.226 e.